The van der Waals surface area contributed by atoms with E-state index in [9.17, 15) is 9.59 Å². The van der Waals surface area contributed by atoms with Gasteiger partial charge in [0.05, 0.1) is 11.9 Å². The lowest BCUT2D eigenvalue weighted by Crippen LogP contribution is -2.24. The minimum atomic E-state index is -0.491. The molecule has 1 heterocycles. The van der Waals surface area contributed by atoms with Crippen LogP contribution in [0.2, 0.25) is 5.02 Å². The van der Waals surface area contributed by atoms with Crippen LogP contribution >= 0.6 is 11.6 Å². The molecule has 6 heteroatoms. The molecular weight excluding hydrogens is 304 g/mol. The molecule has 0 radical (unpaired) electrons. The van der Waals surface area contributed by atoms with E-state index >= 15 is 0 Å². The zero-order valence-corrected chi connectivity index (χ0v) is 12.3. The van der Waals surface area contributed by atoms with Gasteiger partial charge in [0, 0.05) is 11.6 Å². The van der Waals surface area contributed by atoms with Gasteiger partial charge in [-0.3, -0.25) is 9.78 Å². The number of aromatic amines is 1. The number of halogens is 1. The molecule has 0 atom stereocenters. The van der Waals surface area contributed by atoms with Crippen LogP contribution in [0, 0.1) is 0 Å². The molecule has 0 fully saturated rings. The van der Waals surface area contributed by atoms with Gasteiger partial charge < -0.3 is 9.73 Å². The van der Waals surface area contributed by atoms with E-state index in [1.165, 1.54) is 0 Å². The van der Waals surface area contributed by atoms with E-state index in [1.807, 2.05) is 18.2 Å². The largest absolute Gasteiger partial charge is 0.417 e. The SMILES string of the molecule is O=C(Cc1ccccc1Cl)NCc1ccc2oc(=O)[nH]c2c1. The zero-order chi connectivity index (χ0) is 15.5. The van der Waals surface area contributed by atoms with E-state index in [0.717, 1.165) is 11.1 Å². The Bertz CT molecular complexity index is 882. The normalized spacial score (nSPS) is 10.8. The van der Waals surface area contributed by atoms with Gasteiger partial charge >= 0.3 is 5.76 Å². The van der Waals surface area contributed by atoms with E-state index in [2.05, 4.69) is 10.3 Å². The van der Waals surface area contributed by atoms with E-state index < -0.39 is 5.76 Å². The smallest absolute Gasteiger partial charge is 0.408 e. The molecule has 0 saturated carbocycles. The highest BCUT2D eigenvalue weighted by atomic mass is 35.5. The van der Waals surface area contributed by atoms with Crippen LogP contribution in [0.15, 0.2) is 51.7 Å². The van der Waals surface area contributed by atoms with Crippen LogP contribution in [0.4, 0.5) is 0 Å². The van der Waals surface area contributed by atoms with Crippen molar-refractivity contribution in [3.05, 3.63) is 69.2 Å². The molecule has 0 unspecified atom stereocenters. The summed E-state index contributed by atoms with van der Waals surface area (Å²) >= 11 is 6.03. The van der Waals surface area contributed by atoms with E-state index in [0.29, 0.717) is 22.7 Å². The van der Waals surface area contributed by atoms with Gasteiger partial charge in [-0.05, 0) is 29.3 Å². The average molecular weight is 317 g/mol. The van der Waals surface area contributed by atoms with Crippen LogP contribution in [0.5, 0.6) is 0 Å². The van der Waals surface area contributed by atoms with Crippen LogP contribution in [0.3, 0.4) is 0 Å². The summed E-state index contributed by atoms with van der Waals surface area (Å²) in [7, 11) is 0. The number of hydrogen-bond acceptors (Lipinski definition) is 3. The van der Waals surface area contributed by atoms with Gasteiger partial charge in [0.1, 0.15) is 0 Å². The Morgan fingerprint density at radius 2 is 2.05 bits per heavy atom. The standard InChI is InChI=1S/C16H13ClN2O3/c17-12-4-2-1-3-11(12)8-15(20)18-9-10-5-6-14-13(7-10)19-16(21)22-14/h1-7H,8-9H2,(H,18,20)(H,19,21). The predicted molar refractivity (Wildman–Crippen MR) is 83.8 cm³/mol. The fraction of sp³-hybridized carbons (Fsp3) is 0.125. The molecule has 0 bridgehead atoms. The number of rotatable bonds is 4. The second-order valence-corrected chi connectivity index (χ2v) is 5.30. The van der Waals surface area contributed by atoms with Crippen LogP contribution in [0.25, 0.3) is 11.1 Å². The first-order valence-electron chi connectivity index (χ1n) is 6.74. The van der Waals surface area contributed by atoms with Crippen molar-refractivity contribution in [3.63, 3.8) is 0 Å². The van der Waals surface area contributed by atoms with Gasteiger partial charge in [0.25, 0.3) is 0 Å². The maximum atomic E-state index is 12.0. The number of oxazole rings is 1. The Morgan fingerprint density at radius 1 is 1.23 bits per heavy atom. The molecule has 0 aliphatic rings. The Kier molecular flexibility index (Phi) is 3.98. The topological polar surface area (TPSA) is 75.1 Å². The highest BCUT2D eigenvalue weighted by molar-refractivity contribution is 6.31. The maximum Gasteiger partial charge on any atom is 0.417 e. The molecule has 22 heavy (non-hydrogen) atoms. The summed E-state index contributed by atoms with van der Waals surface area (Å²) in [5.74, 6) is -0.608. The third kappa shape index (κ3) is 3.20. The second-order valence-electron chi connectivity index (χ2n) is 4.89. The first-order chi connectivity index (χ1) is 10.6. The van der Waals surface area contributed by atoms with Crippen LogP contribution in [-0.2, 0) is 17.8 Å². The van der Waals surface area contributed by atoms with E-state index in [-0.39, 0.29) is 12.3 Å². The average Bonchev–Trinajstić information content (AvgIpc) is 2.87. The molecular formula is C16H13ClN2O3. The number of carbonyl (C=O) groups is 1. The Morgan fingerprint density at radius 3 is 2.86 bits per heavy atom. The Labute approximate surface area is 130 Å². The van der Waals surface area contributed by atoms with Gasteiger partial charge in [-0.2, -0.15) is 0 Å². The summed E-state index contributed by atoms with van der Waals surface area (Å²) in [4.78, 5) is 25.6. The van der Waals surface area contributed by atoms with E-state index in [1.54, 1.807) is 24.3 Å². The number of fused-ring (bicyclic) bond motifs is 1. The molecule has 1 amide bonds. The van der Waals surface area contributed by atoms with Crippen molar-refractivity contribution in [1.29, 1.82) is 0 Å². The first kappa shape index (κ1) is 14.4. The van der Waals surface area contributed by atoms with Crippen molar-refractivity contribution in [1.82, 2.24) is 10.3 Å². The molecule has 0 saturated heterocycles. The monoisotopic (exact) mass is 316 g/mol. The lowest BCUT2D eigenvalue weighted by atomic mass is 10.1. The van der Waals surface area contributed by atoms with Crippen molar-refractivity contribution in [3.8, 4) is 0 Å². The number of carbonyl (C=O) groups excluding carboxylic acids is 1. The molecule has 0 aliphatic heterocycles. The summed E-state index contributed by atoms with van der Waals surface area (Å²) in [5.41, 5.74) is 2.77. The van der Waals surface area contributed by atoms with Crippen molar-refractivity contribution < 1.29 is 9.21 Å². The predicted octanol–water partition coefficient (Wildman–Crippen LogP) is 2.63. The van der Waals surface area contributed by atoms with Crippen molar-refractivity contribution in [2.24, 2.45) is 0 Å². The van der Waals surface area contributed by atoms with Crippen molar-refractivity contribution in [2.75, 3.05) is 0 Å². The minimum Gasteiger partial charge on any atom is -0.408 e. The lowest BCUT2D eigenvalue weighted by molar-refractivity contribution is -0.120. The van der Waals surface area contributed by atoms with Crippen molar-refractivity contribution in [2.45, 2.75) is 13.0 Å². The summed E-state index contributed by atoms with van der Waals surface area (Å²) in [6.45, 7) is 0.367. The molecule has 0 aliphatic carbocycles. The van der Waals surface area contributed by atoms with Gasteiger partial charge in [0.15, 0.2) is 5.58 Å². The number of H-pyrrole nitrogens is 1. The van der Waals surface area contributed by atoms with Crippen LogP contribution < -0.4 is 11.1 Å². The summed E-state index contributed by atoms with van der Waals surface area (Å²) in [6.07, 6.45) is 0.227. The summed E-state index contributed by atoms with van der Waals surface area (Å²) < 4.78 is 4.93. The quantitative estimate of drug-likeness (QED) is 0.777. The van der Waals surface area contributed by atoms with Crippen molar-refractivity contribution >= 4 is 28.6 Å². The lowest BCUT2D eigenvalue weighted by Gasteiger charge is -2.06. The van der Waals surface area contributed by atoms with Gasteiger partial charge in [-0.25, -0.2) is 4.79 Å². The molecule has 5 nitrogen and oxygen atoms in total. The number of benzene rings is 2. The molecule has 3 rings (SSSR count). The Balaban J connectivity index is 1.64. The second kappa shape index (κ2) is 6.07. The maximum absolute atomic E-state index is 12.0. The number of aromatic nitrogens is 1. The minimum absolute atomic E-state index is 0.117. The van der Waals surface area contributed by atoms with Gasteiger partial charge in [-0.15, -0.1) is 0 Å². The van der Waals surface area contributed by atoms with Gasteiger partial charge in [-0.1, -0.05) is 35.9 Å². The number of nitrogens with one attached hydrogen (secondary N) is 2. The third-order valence-corrected chi connectivity index (χ3v) is 3.65. The highest BCUT2D eigenvalue weighted by Gasteiger charge is 2.07. The fourth-order valence-electron chi connectivity index (χ4n) is 2.19. The Hall–Kier alpha value is -2.53. The molecule has 112 valence electrons. The molecule has 1 aromatic heterocycles. The molecule has 0 spiro atoms. The van der Waals surface area contributed by atoms with Crippen LogP contribution in [-0.4, -0.2) is 10.9 Å². The first-order valence-corrected chi connectivity index (χ1v) is 7.11. The summed E-state index contributed by atoms with van der Waals surface area (Å²) in [6, 6.07) is 12.5. The molecule has 3 aromatic rings. The summed E-state index contributed by atoms with van der Waals surface area (Å²) in [5, 5.41) is 3.40. The van der Waals surface area contributed by atoms with Gasteiger partial charge in [0.2, 0.25) is 5.91 Å². The van der Waals surface area contributed by atoms with E-state index in [4.69, 9.17) is 16.0 Å². The third-order valence-electron chi connectivity index (χ3n) is 3.28. The zero-order valence-electron chi connectivity index (χ0n) is 11.6. The highest BCUT2D eigenvalue weighted by Crippen LogP contribution is 2.15. The molecule has 2 aromatic carbocycles. The fourth-order valence-corrected chi connectivity index (χ4v) is 2.39. The molecule has 2 N–H and O–H groups in total. The van der Waals surface area contributed by atoms with Crippen LogP contribution in [0.1, 0.15) is 11.1 Å². The number of amides is 1. The number of hydrogen-bond donors (Lipinski definition) is 2.